The largest absolute Gasteiger partial charge is 0.416 e. The summed E-state index contributed by atoms with van der Waals surface area (Å²) in [6.45, 7) is 0. The van der Waals surface area contributed by atoms with Gasteiger partial charge in [0.2, 0.25) is 0 Å². The van der Waals surface area contributed by atoms with E-state index in [2.05, 4.69) is 12.6 Å². The van der Waals surface area contributed by atoms with Crippen molar-refractivity contribution in [2.45, 2.75) is 11.1 Å². The van der Waals surface area contributed by atoms with Crippen LogP contribution in [0.5, 0.6) is 0 Å². The Labute approximate surface area is 79.6 Å². The fourth-order valence-corrected chi connectivity index (χ4v) is 0.799. The number of thiol groups is 1. The van der Waals surface area contributed by atoms with Crippen molar-refractivity contribution >= 4 is 25.0 Å². The summed E-state index contributed by atoms with van der Waals surface area (Å²) in [6, 6.07) is 4.63. The first-order chi connectivity index (χ1) is 5.00. The molecule has 5 heteroatoms. The second-order valence-corrected chi connectivity index (χ2v) is 2.56. The second-order valence-electron chi connectivity index (χ2n) is 2.04. The molecule has 12 heavy (non-hydrogen) atoms. The highest BCUT2D eigenvalue weighted by molar-refractivity contribution is 7.80. The first kappa shape index (κ1) is 11.6. The SMILES string of the molecule is Cl.FC(F)(F)c1ccc(S)cc1. The van der Waals surface area contributed by atoms with E-state index in [1.165, 1.54) is 12.1 Å². The van der Waals surface area contributed by atoms with Crippen molar-refractivity contribution in [2.24, 2.45) is 0 Å². The lowest BCUT2D eigenvalue weighted by Crippen LogP contribution is -2.03. The van der Waals surface area contributed by atoms with Crippen LogP contribution in [0.2, 0.25) is 0 Å². The molecule has 0 N–H and O–H groups in total. The molecule has 0 nitrogen and oxygen atoms in total. The van der Waals surface area contributed by atoms with Crippen LogP contribution in [0, 0.1) is 0 Å². The molecule has 68 valence electrons. The van der Waals surface area contributed by atoms with Gasteiger partial charge in [-0.3, -0.25) is 0 Å². The van der Waals surface area contributed by atoms with Crippen LogP contribution >= 0.6 is 25.0 Å². The average Bonchev–Trinajstić information content (AvgIpc) is 1.86. The topological polar surface area (TPSA) is 0 Å². The van der Waals surface area contributed by atoms with Crippen molar-refractivity contribution in [2.75, 3.05) is 0 Å². The molecule has 0 heterocycles. The van der Waals surface area contributed by atoms with Crippen LogP contribution in [-0.2, 0) is 6.18 Å². The van der Waals surface area contributed by atoms with Gasteiger partial charge in [0.05, 0.1) is 5.56 Å². The third-order valence-corrected chi connectivity index (χ3v) is 1.49. The summed E-state index contributed by atoms with van der Waals surface area (Å²) in [5.41, 5.74) is -0.643. The van der Waals surface area contributed by atoms with Gasteiger partial charge in [-0.15, -0.1) is 25.0 Å². The molecule has 0 spiro atoms. The zero-order valence-electron chi connectivity index (χ0n) is 5.80. The molecular formula is C7H6ClF3S. The van der Waals surface area contributed by atoms with Crippen LogP contribution in [-0.4, -0.2) is 0 Å². The van der Waals surface area contributed by atoms with Crippen molar-refractivity contribution in [3.05, 3.63) is 29.8 Å². The van der Waals surface area contributed by atoms with Gasteiger partial charge < -0.3 is 0 Å². The van der Waals surface area contributed by atoms with Gasteiger partial charge in [-0.2, -0.15) is 13.2 Å². The molecule has 0 saturated heterocycles. The van der Waals surface area contributed by atoms with Crippen LogP contribution in [0.25, 0.3) is 0 Å². The van der Waals surface area contributed by atoms with E-state index in [9.17, 15) is 13.2 Å². The summed E-state index contributed by atoms with van der Waals surface area (Å²) >= 11 is 3.86. The maximum atomic E-state index is 11.9. The highest BCUT2D eigenvalue weighted by atomic mass is 35.5. The summed E-state index contributed by atoms with van der Waals surface area (Å²) in [6.07, 6.45) is -4.25. The molecule has 0 atom stereocenters. The third-order valence-electron chi connectivity index (χ3n) is 1.19. The Bertz CT molecular complexity index is 242. The van der Waals surface area contributed by atoms with E-state index in [-0.39, 0.29) is 12.4 Å². The summed E-state index contributed by atoms with van der Waals surface area (Å²) in [4.78, 5) is 0.526. The Balaban J connectivity index is 0.00000121. The molecule has 1 aromatic carbocycles. The predicted molar refractivity (Wildman–Crippen MR) is 45.9 cm³/mol. The minimum atomic E-state index is -4.25. The van der Waals surface area contributed by atoms with Gasteiger partial charge in [0.15, 0.2) is 0 Å². The third kappa shape index (κ3) is 2.95. The van der Waals surface area contributed by atoms with Crippen LogP contribution in [0.1, 0.15) is 5.56 Å². The predicted octanol–water partition coefficient (Wildman–Crippen LogP) is 3.42. The van der Waals surface area contributed by atoms with Crippen molar-refractivity contribution < 1.29 is 13.2 Å². The normalized spacial score (nSPS) is 10.7. The van der Waals surface area contributed by atoms with E-state index in [1.54, 1.807) is 0 Å². The fraction of sp³-hybridized carbons (Fsp3) is 0.143. The lowest BCUT2D eigenvalue weighted by molar-refractivity contribution is -0.137. The Morgan fingerprint density at radius 2 is 1.42 bits per heavy atom. The maximum absolute atomic E-state index is 11.9. The number of alkyl halides is 3. The van der Waals surface area contributed by atoms with E-state index in [0.717, 1.165) is 12.1 Å². The Kier molecular flexibility index (Phi) is 3.93. The minimum Gasteiger partial charge on any atom is -0.166 e. The highest BCUT2D eigenvalue weighted by Gasteiger charge is 2.29. The Hall–Kier alpha value is -0.350. The number of halogens is 4. The highest BCUT2D eigenvalue weighted by Crippen LogP contribution is 2.29. The molecule has 0 fully saturated rings. The average molecular weight is 215 g/mol. The van der Waals surface area contributed by atoms with Gasteiger partial charge >= 0.3 is 6.18 Å². The lowest BCUT2D eigenvalue weighted by Gasteiger charge is -2.05. The van der Waals surface area contributed by atoms with E-state index < -0.39 is 11.7 Å². The van der Waals surface area contributed by atoms with E-state index in [4.69, 9.17) is 0 Å². The Morgan fingerprint density at radius 3 is 1.75 bits per heavy atom. The van der Waals surface area contributed by atoms with Crippen molar-refractivity contribution in [1.29, 1.82) is 0 Å². The number of benzene rings is 1. The number of hydrogen-bond donors (Lipinski definition) is 1. The van der Waals surface area contributed by atoms with Gasteiger partial charge in [0.25, 0.3) is 0 Å². The molecule has 0 aromatic heterocycles. The summed E-state index contributed by atoms with van der Waals surface area (Å²) < 4.78 is 35.7. The van der Waals surface area contributed by atoms with Crippen molar-refractivity contribution in [3.8, 4) is 0 Å². The smallest absolute Gasteiger partial charge is 0.166 e. The summed E-state index contributed by atoms with van der Waals surface area (Å²) in [5.74, 6) is 0. The molecule has 1 rings (SSSR count). The summed E-state index contributed by atoms with van der Waals surface area (Å²) in [5, 5.41) is 0. The van der Waals surface area contributed by atoms with Gasteiger partial charge in [0.1, 0.15) is 0 Å². The molecule has 0 aliphatic heterocycles. The Morgan fingerprint density at radius 1 is 1.00 bits per heavy atom. The first-order valence-electron chi connectivity index (χ1n) is 2.86. The molecule has 1 aromatic rings. The molecule has 0 aliphatic carbocycles. The zero-order chi connectivity index (χ0) is 8.48. The molecule has 0 aliphatic rings. The van der Waals surface area contributed by atoms with Gasteiger partial charge in [-0.25, -0.2) is 0 Å². The number of rotatable bonds is 0. The quantitative estimate of drug-likeness (QED) is 0.629. The monoisotopic (exact) mass is 214 g/mol. The molecule has 0 saturated carbocycles. The lowest BCUT2D eigenvalue weighted by atomic mass is 10.2. The van der Waals surface area contributed by atoms with Crippen molar-refractivity contribution in [3.63, 3.8) is 0 Å². The fourth-order valence-electron chi connectivity index (χ4n) is 0.650. The van der Waals surface area contributed by atoms with Crippen molar-refractivity contribution in [1.82, 2.24) is 0 Å². The molecule has 0 bridgehead atoms. The maximum Gasteiger partial charge on any atom is 0.416 e. The summed E-state index contributed by atoms with van der Waals surface area (Å²) in [7, 11) is 0. The van der Waals surface area contributed by atoms with E-state index in [1.807, 2.05) is 0 Å². The van der Waals surface area contributed by atoms with Gasteiger partial charge in [-0.1, -0.05) is 0 Å². The standard InChI is InChI=1S/C7H5F3S.ClH/c8-7(9,10)5-1-3-6(11)4-2-5;/h1-4,11H;1H. The van der Waals surface area contributed by atoms with Crippen LogP contribution in [0.4, 0.5) is 13.2 Å². The van der Waals surface area contributed by atoms with E-state index >= 15 is 0 Å². The van der Waals surface area contributed by atoms with Gasteiger partial charge in [-0.05, 0) is 24.3 Å². The zero-order valence-corrected chi connectivity index (χ0v) is 7.51. The van der Waals surface area contributed by atoms with Crippen LogP contribution in [0.15, 0.2) is 29.2 Å². The number of hydrogen-bond acceptors (Lipinski definition) is 1. The van der Waals surface area contributed by atoms with Crippen LogP contribution < -0.4 is 0 Å². The molecular weight excluding hydrogens is 209 g/mol. The van der Waals surface area contributed by atoms with Crippen LogP contribution in [0.3, 0.4) is 0 Å². The van der Waals surface area contributed by atoms with E-state index in [0.29, 0.717) is 4.90 Å². The molecule has 0 amide bonds. The first-order valence-corrected chi connectivity index (χ1v) is 3.31. The minimum absolute atomic E-state index is 0. The van der Waals surface area contributed by atoms with Gasteiger partial charge in [0, 0.05) is 4.90 Å². The molecule has 0 unspecified atom stereocenters. The second kappa shape index (κ2) is 4.05. The molecule has 0 radical (unpaired) electrons.